The SMILES string of the molecule is COC(C)c1nc(CN(CCO)C2CC2)cs1. The summed E-state index contributed by atoms with van der Waals surface area (Å²) in [5.74, 6) is 0. The molecular formula is C12H20N2O2S. The fourth-order valence-corrected chi connectivity index (χ4v) is 2.69. The van der Waals surface area contributed by atoms with Crippen LogP contribution in [0, 0.1) is 0 Å². The number of aliphatic hydroxyl groups excluding tert-OH is 1. The quantitative estimate of drug-likeness (QED) is 0.808. The molecule has 5 heteroatoms. The van der Waals surface area contributed by atoms with E-state index in [1.165, 1.54) is 12.8 Å². The molecule has 1 aromatic heterocycles. The summed E-state index contributed by atoms with van der Waals surface area (Å²) in [6.07, 6.45) is 2.58. The largest absolute Gasteiger partial charge is 0.395 e. The molecule has 0 bridgehead atoms. The third kappa shape index (κ3) is 3.48. The Morgan fingerprint density at radius 1 is 1.65 bits per heavy atom. The van der Waals surface area contributed by atoms with E-state index in [2.05, 4.69) is 15.3 Å². The molecule has 4 nitrogen and oxygen atoms in total. The average Bonchev–Trinajstić information content (AvgIpc) is 3.08. The molecular weight excluding hydrogens is 236 g/mol. The van der Waals surface area contributed by atoms with Gasteiger partial charge < -0.3 is 9.84 Å². The summed E-state index contributed by atoms with van der Waals surface area (Å²) in [5, 5.41) is 12.2. The van der Waals surface area contributed by atoms with E-state index in [0.717, 1.165) is 23.8 Å². The highest BCUT2D eigenvalue weighted by Crippen LogP contribution is 2.28. The van der Waals surface area contributed by atoms with E-state index in [-0.39, 0.29) is 12.7 Å². The second-order valence-corrected chi connectivity index (χ2v) is 5.37. The Hall–Kier alpha value is -0.490. The van der Waals surface area contributed by atoms with Crippen LogP contribution in [0.3, 0.4) is 0 Å². The molecule has 1 heterocycles. The first kappa shape index (κ1) is 13.0. The number of methoxy groups -OCH3 is 1. The van der Waals surface area contributed by atoms with E-state index in [1.54, 1.807) is 18.4 Å². The van der Waals surface area contributed by atoms with Crippen molar-refractivity contribution in [3.8, 4) is 0 Å². The van der Waals surface area contributed by atoms with E-state index in [1.807, 2.05) is 6.92 Å². The maximum Gasteiger partial charge on any atom is 0.122 e. The van der Waals surface area contributed by atoms with Gasteiger partial charge in [-0.15, -0.1) is 11.3 Å². The van der Waals surface area contributed by atoms with Gasteiger partial charge in [0.25, 0.3) is 0 Å². The van der Waals surface area contributed by atoms with Crippen molar-refractivity contribution in [2.24, 2.45) is 0 Å². The number of hydrogen-bond donors (Lipinski definition) is 1. The fourth-order valence-electron chi connectivity index (χ4n) is 1.85. The molecule has 0 spiro atoms. The van der Waals surface area contributed by atoms with Gasteiger partial charge in [-0.1, -0.05) is 0 Å². The van der Waals surface area contributed by atoms with Crippen LogP contribution >= 0.6 is 11.3 Å². The second kappa shape index (κ2) is 5.91. The van der Waals surface area contributed by atoms with E-state index in [4.69, 9.17) is 9.84 Å². The molecule has 0 aliphatic heterocycles. The van der Waals surface area contributed by atoms with Crippen molar-refractivity contribution in [1.29, 1.82) is 0 Å². The summed E-state index contributed by atoms with van der Waals surface area (Å²) in [6.45, 7) is 3.83. The molecule has 1 atom stereocenters. The third-order valence-electron chi connectivity index (χ3n) is 3.09. The van der Waals surface area contributed by atoms with Crippen LogP contribution in [0.2, 0.25) is 0 Å². The van der Waals surface area contributed by atoms with E-state index in [0.29, 0.717) is 6.04 Å². The topological polar surface area (TPSA) is 45.6 Å². The van der Waals surface area contributed by atoms with Crippen molar-refractivity contribution in [1.82, 2.24) is 9.88 Å². The Balaban J connectivity index is 1.94. The number of aliphatic hydroxyl groups is 1. The van der Waals surface area contributed by atoms with Gasteiger partial charge in [0, 0.05) is 31.6 Å². The number of hydrogen-bond acceptors (Lipinski definition) is 5. The number of thiazole rings is 1. The molecule has 1 aromatic rings. The lowest BCUT2D eigenvalue weighted by Crippen LogP contribution is -2.28. The highest BCUT2D eigenvalue weighted by atomic mass is 32.1. The highest BCUT2D eigenvalue weighted by molar-refractivity contribution is 7.09. The fraction of sp³-hybridized carbons (Fsp3) is 0.750. The minimum atomic E-state index is 0.0703. The Morgan fingerprint density at radius 3 is 3.00 bits per heavy atom. The van der Waals surface area contributed by atoms with Crippen LogP contribution in [-0.4, -0.2) is 41.3 Å². The van der Waals surface area contributed by atoms with Crippen molar-refractivity contribution < 1.29 is 9.84 Å². The predicted molar refractivity (Wildman–Crippen MR) is 68.1 cm³/mol. The molecule has 1 fully saturated rings. The lowest BCUT2D eigenvalue weighted by atomic mass is 10.3. The first-order valence-electron chi connectivity index (χ1n) is 6.06. The Morgan fingerprint density at radius 2 is 2.41 bits per heavy atom. The molecule has 2 rings (SSSR count). The van der Waals surface area contributed by atoms with Gasteiger partial charge in [-0.2, -0.15) is 0 Å². The van der Waals surface area contributed by atoms with Gasteiger partial charge in [0.1, 0.15) is 11.1 Å². The summed E-state index contributed by atoms with van der Waals surface area (Å²) in [5.41, 5.74) is 1.09. The highest BCUT2D eigenvalue weighted by Gasteiger charge is 2.29. The maximum absolute atomic E-state index is 9.04. The number of rotatable bonds is 7. The van der Waals surface area contributed by atoms with Crippen molar-refractivity contribution in [2.75, 3.05) is 20.3 Å². The van der Waals surface area contributed by atoms with Crippen LogP contribution in [0.1, 0.15) is 36.6 Å². The molecule has 1 N–H and O–H groups in total. The number of ether oxygens (including phenoxy) is 1. The van der Waals surface area contributed by atoms with Crippen LogP contribution in [0.4, 0.5) is 0 Å². The van der Waals surface area contributed by atoms with Gasteiger partial charge in [0.05, 0.1) is 12.3 Å². The van der Waals surface area contributed by atoms with Crippen LogP contribution in [0.15, 0.2) is 5.38 Å². The van der Waals surface area contributed by atoms with Gasteiger partial charge in [-0.3, -0.25) is 4.90 Å². The van der Waals surface area contributed by atoms with Gasteiger partial charge in [-0.05, 0) is 19.8 Å². The Labute approximate surface area is 106 Å². The van der Waals surface area contributed by atoms with E-state index < -0.39 is 0 Å². The molecule has 0 saturated heterocycles. The summed E-state index contributed by atoms with van der Waals surface area (Å²) in [6, 6.07) is 0.659. The van der Waals surface area contributed by atoms with Gasteiger partial charge >= 0.3 is 0 Å². The first-order valence-corrected chi connectivity index (χ1v) is 6.94. The zero-order valence-corrected chi connectivity index (χ0v) is 11.2. The first-order chi connectivity index (χ1) is 8.24. The third-order valence-corrected chi connectivity index (χ3v) is 4.14. The molecule has 96 valence electrons. The molecule has 1 aliphatic carbocycles. The van der Waals surface area contributed by atoms with Crippen LogP contribution < -0.4 is 0 Å². The maximum atomic E-state index is 9.04. The number of aromatic nitrogens is 1. The van der Waals surface area contributed by atoms with Gasteiger partial charge in [0.2, 0.25) is 0 Å². The zero-order valence-electron chi connectivity index (χ0n) is 10.4. The normalized spacial score (nSPS) is 17.6. The standard InChI is InChI=1S/C12H20N2O2S/c1-9(16-2)12-13-10(8-17-12)7-14(5-6-15)11-3-4-11/h8-9,11,15H,3-7H2,1-2H3. The summed E-state index contributed by atoms with van der Waals surface area (Å²) in [4.78, 5) is 6.90. The average molecular weight is 256 g/mol. The molecule has 1 unspecified atom stereocenters. The summed E-state index contributed by atoms with van der Waals surface area (Å²) < 4.78 is 5.26. The van der Waals surface area contributed by atoms with E-state index in [9.17, 15) is 0 Å². The monoisotopic (exact) mass is 256 g/mol. The molecule has 1 saturated carbocycles. The predicted octanol–water partition coefficient (Wildman–Crippen LogP) is 1.81. The van der Waals surface area contributed by atoms with Gasteiger partial charge in [0.15, 0.2) is 0 Å². The number of nitrogens with zero attached hydrogens (tertiary/aromatic N) is 2. The van der Waals surface area contributed by atoms with Crippen molar-refractivity contribution in [2.45, 2.75) is 38.5 Å². The minimum absolute atomic E-state index is 0.0703. The minimum Gasteiger partial charge on any atom is -0.395 e. The van der Waals surface area contributed by atoms with Gasteiger partial charge in [-0.25, -0.2) is 4.98 Å². The van der Waals surface area contributed by atoms with Crippen LogP contribution in [0.5, 0.6) is 0 Å². The van der Waals surface area contributed by atoms with Crippen LogP contribution in [-0.2, 0) is 11.3 Å². The molecule has 17 heavy (non-hydrogen) atoms. The zero-order chi connectivity index (χ0) is 12.3. The Bertz CT molecular complexity index is 352. The molecule has 1 aliphatic rings. The molecule has 0 amide bonds. The molecule has 0 radical (unpaired) electrons. The lowest BCUT2D eigenvalue weighted by Gasteiger charge is -2.19. The summed E-state index contributed by atoms with van der Waals surface area (Å²) >= 11 is 1.65. The van der Waals surface area contributed by atoms with Crippen LogP contribution in [0.25, 0.3) is 0 Å². The van der Waals surface area contributed by atoms with Crippen molar-refractivity contribution in [3.05, 3.63) is 16.1 Å². The van der Waals surface area contributed by atoms with E-state index >= 15 is 0 Å². The van der Waals surface area contributed by atoms with Crippen molar-refractivity contribution in [3.63, 3.8) is 0 Å². The molecule has 0 aromatic carbocycles. The second-order valence-electron chi connectivity index (χ2n) is 4.48. The summed E-state index contributed by atoms with van der Waals surface area (Å²) in [7, 11) is 1.70. The Kier molecular flexibility index (Phi) is 4.50. The lowest BCUT2D eigenvalue weighted by molar-refractivity contribution is 0.119. The van der Waals surface area contributed by atoms with Crippen molar-refractivity contribution >= 4 is 11.3 Å². The smallest absolute Gasteiger partial charge is 0.122 e.